The molecule has 0 aliphatic rings. The SMILES string of the molecule is Cc1ccc(C(=O)C=CNc2cccc(Br)c2)cc1C. The quantitative estimate of drug-likeness (QED) is 0.640. The van der Waals surface area contributed by atoms with E-state index in [1.807, 2.05) is 56.3 Å². The molecule has 20 heavy (non-hydrogen) atoms. The van der Waals surface area contributed by atoms with Crippen molar-refractivity contribution in [2.75, 3.05) is 5.32 Å². The number of allylic oxidation sites excluding steroid dienone is 1. The summed E-state index contributed by atoms with van der Waals surface area (Å²) in [5, 5.41) is 3.08. The van der Waals surface area contributed by atoms with E-state index in [-0.39, 0.29) is 5.78 Å². The van der Waals surface area contributed by atoms with E-state index >= 15 is 0 Å². The van der Waals surface area contributed by atoms with Crippen molar-refractivity contribution >= 4 is 27.4 Å². The summed E-state index contributed by atoms with van der Waals surface area (Å²) in [7, 11) is 0. The van der Waals surface area contributed by atoms with Crippen LogP contribution in [0.4, 0.5) is 5.69 Å². The molecule has 0 aliphatic carbocycles. The molecule has 102 valence electrons. The molecule has 0 bridgehead atoms. The Labute approximate surface area is 127 Å². The Balaban J connectivity index is 2.04. The Morgan fingerprint density at radius 2 is 1.90 bits per heavy atom. The maximum atomic E-state index is 12.0. The van der Waals surface area contributed by atoms with Gasteiger partial charge in [0, 0.05) is 28.0 Å². The van der Waals surface area contributed by atoms with E-state index in [0.29, 0.717) is 5.56 Å². The van der Waals surface area contributed by atoms with E-state index in [1.54, 1.807) is 12.3 Å². The first kappa shape index (κ1) is 14.5. The molecule has 0 atom stereocenters. The summed E-state index contributed by atoms with van der Waals surface area (Å²) in [6.45, 7) is 4.05. The number of nitrogens with one attached hydrogen (secondary N) is 1. The van der Waals surface area contributed by atoms with E-state index in [2.05, 4.69) is 21.2 Å². The number of benzene rings is 2. The number of ketones is 1. The molecule has 0 fully saturated rings. The number of carbonyl (C=O) groups excluding carboxylic acids is 1. The van der Waals surface area contributed by atoms with Gasteiger partial charge in [-0.25, -0.2) is 0 Å². The highest BCUT2D eigenvalue weighted by Gasteiger charge is 2.02. The molecule has 2 aromatic carbocycles. The van der Waals surface area contributed by atoms with Crippen LogP contribution < -0.4 is 5.32 Å². The fraction of sp³-hybridized carbons (Fsp3) is 0.118. The molecule has 1 N–H and O–H groups in total. The lowest BCUT2D eigenvalue weighted by atomic mass is 10.0. The minimum absolute atomic E-state index is 0.00408. The summed E-state index contributed by atoms with van der Waals surface area (Å²) in [6, 6.07) is 13.5. The van der Waals surface area contributed by atoms with Crippen molar-refractivity contribution in [2.24, 2.45) is 0 Å². The zero-order chi connectivity index (χ0) is 14.5. The number of rotatable bonds is 4. The van der Waals surface area contributed by atoms with E-state index < -0.39 is 0 Å². The molecule has 0 saturated carbocycles. The molecule has 0 amide bonds. The van der Waals surface area contributed by atoms with Crippen LogP contribution in [-0.2, 0) is 0 Å². The minimum atomic E-state index is -0.00408. The molecule has 0 saturated heterocycles. The molecular formula is C17H16BrNO. The third-order valence-corrected chi connectivity index (χ3v) is 3.59. The fourth-order valence-electron chi connectivity index (χ4n) is 1.78. The highest BCUT2D eigenvalue weighted by molar-refractivity contribution is 9.10. The second kappa shape index (κ2) is 6.53. The lowest BCUT2D eigenvalue weighted by Crippen LogP contribution is -1.97. The van der Waals surface area contributed by atoms with E-state index in [1.165, 1.54) is 5.56 Å². The zero-order valence-electron chi connectivity index (χ0n) is 11.5. The Hall–Kier alpha value is -1.87. The van der Waals surface area contributed by atoms with Gasteiger partial charge in [-0.15, -0.1) is 0 Å². The Bertz CT molecular complexity index is 662. The maximum absolute atomic E-state index is 12.0. The first-order valence-electron chi connectivity index (χ1n) is 6.36. The standard InChI is InChI=1S/C17H16BrNO/c1-12-6-7-14(10-13(12)2)17(20)8-9-19-16-5-3-4-15(18)11-16/h3-11,19H,1-2H3. The Morgan fingerprint density at radius 3 is 2.60 bits per heavy atom. The van der Waals surface area contributed by atoms with Crippen LogP contribution in [0.3, 0.4) is 0 Å². The second-order valence-corrected chi connectivity index (χ2v) is 5.57. The largest absolute Gasteiger partial charge is 0.362 e. The average molecular weight is 330 g/mol. The number of aryl methyl sites for hydroxylation is 2. The van der Waals surface area contributed by atoms with Crippen molar-refractivity contribution < 1.29 is 4.79 Å². The van der Waals surface area contributed by atoms with Gasteiger partial charge < -0.3 is 5.32 Å². The number of carbonyl (C=O) groups is 1. The van der Waals surface area contributed by atoms with Gasteiger partial charge in [0.2, 0.25) is 0 Å². The molecule has 2 nitrogen and oxygen atoms in total. The fourth-order valence-corrected chi connectivity index (χ4v) is 2.18. The third-order valence-electron chi connectivity index (χ3n) is 3.10. The summed E-state index contributed by atoms with van der Waals surface area (Å²) in [5.74, 6) is -0.00408. The molecule has 2 aromatic rings. The van der Waals surface area contributed by atoms with E-state index in [0.717, 1.165) is 15.7 Å². The second-order valence-electron chi connectivity index (χ2n) is 4.65. The van der Waals surface area contributed by atoms with Crippen LogP contribution in [0.2, 0.25) is 0 Å². The monoisotopic (exact) mass is 329 g/mol. The van der Waals surface area contributed by atoms with Gasteiger partial charge in [0.25, 0.3) is 0 Å². The third kappa shape index (κ3) is 3.81. The van der Waals surface area contributed by atoms with Gasteiger partial charge in [0.1, 0.15) is 0 Å². The molecule has 0 unspecified atom stereocenters. The molecule has 0 aliphatic heterocycles. The normalized spacial score (nSPS) is 10.8. The van der Waals surface area contributed by atoms with Gasteiger partial charge in [-0.2, -0.15) is 0 Å². The van der Waals surface area contributed by atoms with E-state index in [9.17, 15) is 4.79 Å². The van der Waals surface area contributed by atoms with Crippen molar-refractivity contribution in [2.45, 2.75) is 13.8 Å². The van der Waals surface area contributed by atoms with Gasteiger partial charge in [-0.3, -0.25) is 4.79 Å². The molecule has 0 spiro atoms. The maximum Gasteiger partial charge on any atom is 0.187 e. The van der Waals surface area contributed by atoms with Gasteiger partial charge in [-0.05, 0) is 49.2 Å². The molecule has 0 aromatic heterocycles. The van der Waals surface area contributed by atoms with Crippen LogP contribution >= 0.6 is 15.9 Å². The number of anilines is 1. The van der Waals surface area contributed by atoms with Gasteiger partial charge in [0.15, 0.2) is 5.78 Å². The number of hydrogen-bond acceptors (Lipinski definition) is 2. The summed E-state index contributed by atoms with van der Waals surface area (Å²) in [6.07, 6.45) is 3.21. The predicted molar refractivity (Wildman–Crippen MR) is 87.2 cm³/mol. The molecule has 3 heteroatoms. The first-order chi connectivity index (χ1) is 9.56. The molecular weight excluding hydrogens is 314 g/mol. The van der Waals surface area contributed by atoms with Crippen LogP contribution in [-0.4, -0.2) is 5.78 Å². The zero-order valence-corrected chi connectivity index (χ0v) is 13.1. The number of halogens is 1. The van der Waals surface area contributed by atoms with E-state index in [4.69, 9.17) is 0 Å². The average Bonchev–Trinajstić information content (AvgIpc) is 2.42. The van der Waals surface area contributed by atoms with Gasteiger partial charge >= 0.3 is 0 Å². The Kier molecular flexibility index (Phi) is 4.74. The highest BCUT2D eigenvalue weighted by atomic mass is 79.9. The van der Waals surface area contributed by atoms with Crippen molar-refractivity contribution in [1.29, 1.82) is 0 Å². The summed E-state index contributed by atoms with van der Waals surface area (Å²) >= 11 is 3.40. The summed E-state index contributed by atoms with van der Waals surface area (Å²) < 4.78 is 0.997. The summed E-state index contributed by atoms with van der Waals surface area (Å²) in [5.41, 5.74) is 3.96. The van der Waals surface area contributed by atoms with Crippen molar-refractivity contribution in [1.82, 2.24) is 0 Å². The molecule has 0 radical (unpaired) electrons. The van der Waals surface area contributed by atoms with Crippen LogP contribution in [0.1, 0.15) is 21.5 Å². The Morgan fingerprint density at radius 1 is 1.10 bits per heavy atom. The topological polar surface area (TPSA) is 29.1 Å². The molecule has 2 rings (SSSR count). The van der Waals surface area contributed by atoms with Crippen molar-refractivity contribution in [3.8, 4) is 0 Å². The summed E-state index contributed by atoms with van der Waals surface area (Å²) in [4.78, 5) is 12.0. The lowest BCUT2D eigenvalue weighted by molar-refractivity contribution is 0.104. The molecule has 0 heterocycles. The number of hydrogen-bond donors (Lipinski definition) is 1. The van der Waals surface area contributed by atoms with Gasteiger partial charge in [-0.1, -0.05) is 34.1 Å². The van der Waals surface area contributed by atoms with Crippen LogP contribution in [0.25, 0.3) is 0 Å². The van der Waals surface area contributed by atoms with Crippen molar-refractivity contribution in [3.63, 3.8) is 0 Å². The predicted octanol–water partition coefficient (Wildman–Crippen LogP) is 4.87. The smallest absolute Gasteiger partial charge is 0.187 e. The minimum Gasteiger partial charge on any atom is -0.362 e. The van der Waals surface area contributed by atoms with Gasteiger partial charge in [0.05, 0.1) is 0 Å². The van der Waals surface area contributed by atoms with Crippen LogP contribution in [0.15, 0.2) is 59.2 Å². The first-order valence-corrected chi connectivity index (χ1v) is 7.16. The van der Waals surface area contributed by atoms with Crippen LogP contribution in [0.5, 0.6) is 0 Å². The highest BCUT2D eigenvalue weighted by Crippen LogP contribution is 2.15. The van der Waals surface area contributed by atoms with Crippen molar-refractivity contribution in [3.05, 3.63) is 75.9 Å². The van der Waals surface area contributed by atoms with Crippen LogP contribution in [0, 0.1) is 13.8 Å². The lowest BCUT2D eigenvalue weighted by Gasteiger charge is -2.03.